The van der Waals surface area contributed by atoms with Crippen LogP contribution in [0.5, 0.6) is 5.75 Å². The lowest BCUT2D eigenvalue weighted by molar-refractivity contribution is 0.104. The van der Waals surface area contributed by atoms with Crippen LogP contribution >= 0.6 is 0 Å². The third-order valence-corrected chi connectivity index (χ3v) is 4.46. The smallest absolute Gasteiger partial charge is 0.347 e. The van der Waals surface area contributed by atoms with Crippen LogP contribution in [0.25, 0.3) is 17.0 Å². The van der Waals surface area contributed by atoms with Crippen molar-refractivity contribution in [3.8, 4) is 5.75 Å². The number of fused-ring (bicyclic) bond motifs is 1. The van der Waals surface area contributed by atoms with Gasteiger partial charge in [-0.25, -0.2) is 4.79 Å². The van der Waals surface area contributed by atoms with Gasteiger partial charge in [-0.1, -0.05) is 18.2 Å². The monoisotopic (exact) mass is 363 g/mol. The van der Waals surface area contributed by atoms with E-state index in [4.69, 9.17) is 4.42 Å². The third kappa shape index (κ3) is 3.92. The highest BCUT2D eigenvalue weighted by Gasteiger charge is 2.13. The number of carbonyl (C=O) groups excluding carboxylic acids is 1. The average molecular weight is 363 g/mol. The van der Waals surface area contributed by atoms with Crippen molar-refractivity contribution in [1.82, 2.24) is 0 Å². The molecule has 0 spiro atoms. The van der Waals surface area contributed by atoms with Gasteiger partial charge in [-0.3, -0.25) is 4.79 Å². The van der Waals surface area contributed by atoms with E-state index in [0.29, 0.717) is 16.5 Å². The summed E-state index contributed by atoms with van der Waals surface area (Å²) >= 11 is 0. The Kier molecular flexibility index (Phi) is 5.41. The quantitative estimate of drug-likeness (QED) is 0.403. The average Bonchev–Trinajstić information content (AvgIpc) is 2.67. The van der Waals surface area contributed by atoms with Crippen molar-refractivity contribution in [2.24, 2.45) is 0 Å². The number of phenols is 1. The number of para-hydroxylation sites is 1. The lowest BCUT2D eigenvalue weighted by Gasteiger charge is -2.20. The molecule has 0 aliphatic rings. The molecule has 138 valence electrons. The largest absolute Gasteiger partial charge is 0.507 e. The van der Waals surface area contributed by atoms with Crippen LogP contribution < -0.4 is 10.5 Å². The lowest BCUT2D eigenvalue weighted by atomic mass is 10.1. The molecule has 3 aromatic rings. The molecule has 0 radical (unpaired) electrons. The van der Waals surface area contributed by atoms with Crippen LogP contribution in [0, 0.1) is 0 Å². The van der Waals surface area contributed by atoms with E-state index in [1.807, 2.05) is 18.2 Å². The molecule has 0 unspecified atom stereocenters. The molecule has 5 heteroatoms. The fourth-order valence-electron chi connectivity index (χ4n) is 2.94. The first kappa shape index (κ1) is 18.5. The van der Waals surface area contributed by atoms with Crippen molar-refractivity contribution in [3.05, 3.63) is 76.2 Å². The molecule has 0 saturated heterocycles. The van der Waals surface area contributed by atoms with Gasteiger partial charge < -0.3 is 14.4 Å². The third-order valence-electron chi connectivity index (χ3n) is 4.46. The molecule has 1 aromatic heterocycles. The van der Waals surface area contributed by atoms with E-state index >= 15 is 0 Å². The molecule has 2 aromatic carbocycles. The summed E-state index contributed by atoms with van der Waals surface area (Å²) in [5.74, 6) is -0.405. The lowest BCUT2D eigenvalue weighted by Crippen LogP contribution is -2.21. The summed E-state index contributed by atoms with van der Waals surface area (Å²) in [4.78, 5) is 26.9. The van der Waals surface area contributed by atoms with E-state index in [2.05, 4.69) is 18.7 Å². The maximum atomic E-state index is 12.4. The highest BCUT2D eigenvalue weighted by molar-refractivity contribution is 6.08. The van der Waals surface area contributed by atoms with Gasteiger partial charge in [-0.05, 0) is 50.3 Å². The van der Waals surface area contributed by atoms with E-state index in [9.17, 15) is 14.7 Å². The first-order valence-electron chi connectivity index (χ1n) is 8.86. The number of hydrogen-bond acceptors (Lipinski definition) is 5. The summed E-state index contributed by atoms with van der Waals surface area (Å²) in [6.07, 6.45) is 2.74. The van der Waals surface area contributed by atoms with E-state index < -0.39 is 11.4 Å². The standard InChI is InChI=1S/C22H21NO4/c1-3-23(4-2)17-11-9-16-13-18(22(26)27-21(16)14-17)20(25)12-10-15-7-5-6-8-19(15)24/h5-14,24H,3-4H2,1-2H3/b12-10+. The maximum Gasteiger partial charge on any atom is 0.347 e. The Labute approximate surface area is 157 Å². The molecule has 0 amide bonds. The fourth-order valence-corrected chi connectivity index (χ4v) is 2.94. The predicted octanol–water partition coefficient (Wildman–Crippen LogP) is 4.24. The molecule has 0 bridgehead atoms. The van der Waals surface area contributed by atoms with Crippen molar-refractivity contribution in [3.63, 3.8) is 0 Å². The van der Waals surface area contributed by atoms with Crippen LogP contribution in [0.4, 0.5) is 5.69 Å². The zero-order chi connectivity index (χ0) is 19.4. The Morgan fingerprint density at radius 1 is 1.11 bits per heavy atom. The summed E-state index contributed by atoms with van der Waals surface area (Å²) < 4.78 is 5.38. The number of nitrogens with zero attached hydrogens (tertiary/aromatic N) is 1. The molecule has 0 aliphatic heterocycles. The maximum absolute atomic E-state index is 12.4. The number of hydrogen-bond donors (Lipinski definition) is 1. The van der Waals surface area contributed by atoms with E-state index in [-0.39, 0.29) is 11.3 Å². The van der Waals surface area contributed by atoms with Gasteiger partial charge in [0.25, 0.3) is 0 Å². The number of rotatable bonds is 6. The Morgan fingerprint density at radius 2 is 1.85 bits per heavy atom. The summed E-state index contributed by atoms with van der Waals surface area (Å²) in [7, 11) is 0. The van der Waals surface area contributed by atoms with Gasteiger partial charge in [0.15, 0.2) is 5.78 Å². The second-order valence-corrected chi connectivity index (χ2v) is 6.10. The molecule has 5 nitrogen and oxygen atoms in total. The number of carbonyl (C=O) groups is 1. The number of allylic oxidation sites excluding steroid dienone is 1. The first-order valence-corrected chi connectivity index (χ1v) is 8.86. The molecule has 1 heterocycles. The van der Waals surface area contributed by atoms with Gasteiger partial charge in [-0.2, -0.15) is 0 Å². The highest BCUT2D eigenvalue weighted by Crippen LogP contribution is 2.22. The van der Waals surface area contributed by atoms with Gasteiger partial charge in [0.2, 0.25) is 0 Å². The zero-order valence-corrected chi connectivity index (χ0v) is 15.3. The minimum Gasteiger partial charge on any atom is -0.507 e. The van der Waals surface area contributed by atoms with Crippen molar-refractivity contribution in [1.29, 1.82) is 0 Å². The number of phenolic OH excluding ortho intramolecular Hbond substituents is 1. The Bertz CT molecular complexity index is 1060. The van der Waals surface area contributed by atoms with Crippen LogP contribution in [0.2, 0.25) is 0 Å². The molecule has 1 N–H and O–H groups in total. The van der Waals surface area contributed by atoms with Crippen molar-refractivity contribution >= 4 is 28.5 Å². The van der Waals surface area contributed by atoms with E-state index in [1.54, 1.807) is 24.3 Å². The molecule has 3 rings (SSSR count). The van der Waals surface area contributed by atoms with E-state index in [1.165, 1.54) is 18.2 Å². The second kappa shape index (κ2) is 7.91. The SMILES string of the molecule is CCN(CC)c1ccc2cc(C(=O)/C=C/c3ccccc3O)c(=O)oc2c1. The number of ketones is 1. The molecule has 0 atom stereocenters. The van der Waals surface area contributed by atoms with Gasteiger partial charge >= 0.3 is 5.63 Å². The van der Waals surface area contributed by atoms with E-state index in [0.717, 1.165) is 18.8 Å². The Morgan fingerprint density at radius 3 is 2.56 bits per heavy atom. The molecule has 0 aliphatic carbocycles. The Hall–Kier alpha value is -3.34. The second-order valence-electron chi connectivity index (χ2n) is 6.10. The molecular formula is C22H21NO4. The minimum atomic E-state index is -0.675. The molecule has 0 saturated carbocycles. The van der Waals surface area contributed by atoms with Crippen LogP contribution in [0.1, 0.15) is 29.8 Å². The zero-order valence-electron chi connectivity index (χ0n) is 15.3. The summed E-state index contributed by atoms with van der Waals surface area (Å²) in [5.41, 5.74) is 1.20. The summed E-state index contributed by atoms with van der Waals surface area (Å²) in [6, 6.07) is 13.8. The molecular weight excluding hydrogens is 342 g/mol. The van der Waals surface area contributed by atoms with Gasteiger partial charge in [0, 0.05) is 35.8 Å². The summed E-state index contributed by atoms with van der Waals surface area (Å²) in [6.45, 7) is 5.81. The number of anilines is 1. The fraction of sp³-hybridized carbons (Fsp3) is 0.182. The van der Waals surface area contributed by atoms with Crippen LogP contribution in [0.3, 0.4) is 0 Å². The Balaban J connectivity index is 1.94. The molecule has 0 fully saturated rings. The minimum absolute atomic E-state index is 0.0373. The predicted molar refractivity (Wildman–Crippen MR) is 108 cm³/mol. The van der Waals surface area contributed by atoms with Crippen molar-refractivity contribution in [2.75, 3.05) is 18.0 Å². The van der Waals surface area contributed by atoms with Crippen molar-refractivity contribution in [2.45, 2.75) is 13.8 Å². The number of aromatic hydroxyl groups is 1. The topological polar surface area (TPSA) is 70.8 Å². The van der Waals surface area contributed by atoms with Crippen LogP contribution in [-0.4, -0.2) is 24.0 Å². The van der Waals surface area contributed by atoms with Crippen LogP contribution in [0.15, 0.2) is 63.8 Å². The van der Waals surface area contributed by atoms with Gasteiger partial charge in [0.1, 0.15) is 16.9 Å². The van der Waals surface area contributed by atoms with Crippen LogP contribution in [-0.2, 0) is 0 Å². The highest BCUT2D eigenvalue weighted by atomic mass is 16.4. The normalized spacial score (nSPS) is 11.2. The van der Waals surface area contributed by atoms with Gasteiger partial charge in [0.05, 0.1) is 0 Å². The first-order chi connectivity index (χ1) is 13.0. The molecule has 27 heavy (non-hydrogen) atoms. The van der Waals surface area contributed by atoms with Crippen molar-refractivity contribution < 1.29 is 14.3 Å². The van der Waals surface area contributed by atoms with Gasteiger partial charge in [-0.15, -0.1) is 0 Å². The number of benzene rings is 2. The summed E-state index contributed by atoms with van der Waals surface area (Å²) in [5, 5.41) is 10.4.